The largest absolute Gasteiger partial charge is 0.372 e. The fourth-order valence-corrected chi connectivity index (χ4v) is 4.77. The van der Waals surface area contributed by atoms with E-state index in [4.69, 9.17) is 0 Å². The summed E-state index contributed by atoms with van der Waals surface area (Å²) in [5.41, 5.74) is 5.42. The minimum absolute atomic E-state index is 0.309. The van der Waals surface area contributed by atoms with Gasteiger partial charge in [-0.2, -0.15) is 0 Å². The third-order valence-corrected chi connectivity index (χ3v) is 6.22. The molecule has 1 atom stereocenters. The van der Waals surface area contributed by atoms with Gasteiger partial charge in [0.05, 0.1) is 12.2 Å². The van der Waals surface area contributed by atoms with Crippen molar-refractivity contribution in [2.45, 2.75) is 32.9 Å². The van der Waals surface area contributed by atoms with E-state index in [2.05, 4.69) is 37.0 Å². The molecule has 0 saturated heterocycles. The maximum Gasteiger partial charge on any atom is 0.268 e. The summed E-state index contributed by atoms with van der Waals surface area (Å²) in [6, 6.07) is 21.6. The Morgan fingerprint density at radius 1 is 0.967 bits per heavy atom. The van der Waals surface area contributed by atoms with Crippen molar-refractivity contribution in [2.75, 3.05) is 4.90 Å². The SMILES string of the molecule is Cc1ccc(CN2C(=O)[C@](O)(c3c(C)[nH]c4ccccc34)c3ccccc32)c(C)c1. The summed E-state index contributed by atoms with van der Waals surface area (Å²) in [6.07, 6.45) is 0. The van der Waals surface area contributed by atoms with Gasteiger partial charge < -0.3 is 15.0 Å². The van der Waals surface area contributed by atoms with E-state index < -0.39 is 5.60 Å². The van der Waals surface area contributed by atoms with E-state index in [9.17, 15) is 9.90 Å². The Morgan fingerprint density at radius 3 is 2.50 bits per heavy atom. The van der Waals surface area contributed by atoms with Gasteiger partial charge in [-0.15, -0.1) is 0 Å². The Balaban J connectivity index is 1.69. The number of carbonyl (C=O) groups excluding carboxylic acids is 1. The molecule has 30 heavy (non-hydrogen) atoms. The van der Waals surface area contributed by atoms with Crippen molar-refractivity contribution >= 4 is 22.5 Å². The van der Waals surface area contributed by atoms with Crippen LogP contribution in [0, 0.1) is 20.8 Å². The van der Waals surface area contributed by atoms with Crippen molar-refractivity contribution in [3.63, 3.8) is 0 Å². The minimum Gasteiger partial charge on any atom is -0.372 e. The van der Waals surface area contributed by atoms with Gasteiger partial charge in [-0.25, -0.2) is 0 Å². The lowest BCUT2D eigenvalue weighted by molar-refractivity contribution is -0.132. The van der Waals surface area contributed by atoms with Crippen LogP contribution < -0.4 is 4.90 Å². The average molecular weight is 396 g/mol. The lowest BCUT2D eigenvalue weighted by Crippen LogP contribution is -2.41. The molecule has 3 aromatic carbocycles. The molecule has 1 aromatic heterocycles. The van der Waals surface area contributed by atoms with Gasteiger partial charge in [-0.3, -0.25) is 4.79 Å². The van der Waals surface area contributed by atoms with Crippen LogP contribution >= 0.6 is 0 Å². The molecule has 150 valence electrons. The van der Waals surface area contributed by atoms with E-state index in [1.807, 2.05) is 55.5 Å². The molecule has 5 rings (SSSR count). The third-order valence-electron chi connectivity index (χ3n) is 6.22. The van der Waals surface area contributed by atoms with Crippen LogP contribution in [0.5, 0.6) is 0 Å². The van der Waals surface area contributed by atoms with E-state index in [-0.39, 0.29) is 5.91 Å². The molecule has 0 aliphatic carbocycles. The topological polar surface area (TPSA) is 56.3 Å². The van der Waals surface area contributed by atoms with Crippen molar-refractivity contribution in [1.29, 1.82) is 0 Å². The number of aromatic nitrogens is 1. The second kappa shape index (κ2) is 6.57. The lowest BCUT2D eigenvalue weighted by atomic mass is 9.85. The van der Waals surface area contributed by atoms with E-state index >= 15 is 0 Å². The van der Waals surface area contributed by atoms with Crippen molar-refractivity contribution in [2.24, 2.45) is 0 Å². The Kier molecular flexibility index (Phi) is 4.09. The van der Waals surface area contributed by atoms with Gasteiger partial charge >= 0.3 is 0 Å². The van der Waals surface area contributed by atoms with Crippen molar-refractivity contribution in [1.82, 2.24) is 4.98 Å². The van der Waals surface area contributed by atoms with Crippen molar-refractivity contribution < 1.29 is 9.90 Å². The number of carbonyl (C=O) groups is 1. The molecule has 0 saturated carbocycles. The van der Waals surface area contributed by atoms with Crippen LogP contribution in [0.1, 0.15) is 33.5 Å². The molecule has 1 amide bonds. The van der Waals surface area contributed by atoms with Crippen LogP contribution in [0.3, 0.4) is 0 Å². The number of benzene rings is 3. The van der Waals surface area contributed by atoms with Crippen LogP contribution in [0.15, 0.2) is 66.7 Å². The fourth-order valence-electron chi connectivity index (χ4n) is 4.77. The number of aliphatic hydroxyl groups is 1. The highest BCUT2D eigenvalue weighted by molar-refractivity contribution is 6.11. The first-order valence-electron chi connectivity index (χ1n) is 10.2. The predicted octanol–water partition coefficient (Wildman–Crippen LogP) is 4.88. The highest BCUT2D eigenvalue weighted by Gasteiger charge is 2.52. The number of fused-ring (bicyclic) bond motifs is 2. The number of amides is 1. The van der Waals surface area contributed by atoms with Gasteiger partial charge in [0.2, 0.25) is 0 Å². The third kappa shape index (κ3) is 2.54. The molecule has 0 bridgehead atoms. The minimum atomic E-state index is -1.72. The molecule has 4 nitrogen and oxygen atoms in total. The van der Waals surface area contributed by atoms with E-state index in [1.54, 1.807) is 4.90 Å². The second-order valence-electron chi connectivity index (χ2n) is 8.22. The Morgan fingerprint density at radius 2 is 1.70 bits per heavy atom. The normalized spacial score (nSPS) is 18.3. The Hall–Kier alpha value is -3.37. The lowest BCUT2D eigenvalue weighted by Gasteiger charge is -2.24. The number of hydrogen-bond donors (Lipinski definition) is 2. The molecular formula is C26H24N2O2. The molecule has 0 spiro atoms. The number of aromatic amines is 1. The van der Waals surface area contributed by atoms with Crippen LogP contribution in [0.25, 0.3) is 10.9 Å². The van der Waals surface area contributed by atoms with Gasteiger partial charge in [0.15, 0.2) is 5.60 Å². The summed E-state index contributed by atoms with van der Waals surface area (Å²) >= 11 is 0. The Bertz CT molecular complexity index is 1300. The average Bonchev–Trinajstić information content (AvgIpc) is 3.17. The molecule has 4 aromatic rings. The molecule has 0 unspecified atom stereocenters. The fraction of sp³-hybridized carbons (Fsp3) is 0.192. The van der Waals surface area contributed by atoms with Crippen LogP contribution in [0.2, 0.25) is 0 Å². The standard InChI is InChI=1S/C26H24N2O2/c1-16-12-13-19(17(2)14-16)15-28-23-11-7-5-9-21(23)26(30,25(28)29)24-18(3)27-22-10-6-4-8-20(22)24/h4-14,27,30H,15H2,1-3H3/t26-/m1/s1. The molecular weight excluding hydrogens is 372 g/mol. The van der Waals surface area contributed by atoms with Crippen molar-refractivity contribution in [3.8, 4) is 0 Å². The number of H-pyrrole nitrogens is 1. The predicted molar refractivity (Wildman–Crippen MR) is 120 cm³/mol. The maximum absolute atomic E-state index is 13.8. The molecule has 0 fully saturated rings. The quantitative estimate of drug-likeness (QED) is 0.519. The number of rotatable bonds is 3. The molecule has 0 radical (unpaired) electrons. The van der Waals surface area contributed by atoms with Gasteiger partial charge in [0.1, 0.15) is 0 Å². The zero-order chi connectivity index (χ0) is 21.0. The van der Waals surface area contributed by atoms with Gasteiger partial charge in [-0.1, -0.05) is 60.2 Å². The summed E-state index contributed by atoms with van der Waals surface area (Å²) in [6.45, 7) is 6.46. The number of nitrogens with one attached hydrogen (secondary N) is 1. The number of anilines is 1. The van der Waals surface area contributed by atoms with E-state index in [1.165, 1.54) is 5.56 Å². The number of hydrogen-bond acceptors (Lipinski definition) is 2. The molecule has 2 heterocycles. The van der Waals surface area contributed by atoms with E-state index in [0.717, 1.165) is 33.4 Å². The Labute approximate surface area is 175 Å². The van der Waals surface area contributed by atoms with E-state index in [0.29, 0.717) is 17.7 Å². The second-order valence-corrected chi connectivity index (χ2v) is 8.22. The zero-order valence-electron chi connectivity index (χ0n) is 17.4. The summed E-state index contributed by atoms with van der Waals surface area (Å²) in [5, 5.41) is 12.9. The molecule has 2 N–H and O–H groups in total. The van der Waals surface area contributed by atoms with Gasteiger partial charge in [0.25, 0.3) is 5.91 Å². The van der Waals surface area contributed by atoms with Crippen LogP contribution in [-0.2, 0) is 16.9 Å². The number of aryl methyl sites for hydroxylation is 3. The molecule has 1 aliphatic rings. The van der Waals surface area contributed by atoms with Gasteiger partial charge in [-0.05, 0) is 44.0 Å². The summed E-state index contributed by atoms with van der Waals surface area (Å²) in [4.78, 5) is 18.9. The first kappa shape index (κ1) is 18.6. The summed E-state index contributed by atoms with van der Waals surface area (Å²) in [5.74, 6) is -0.309. The number of para-hydroxylation sites is 2. The monoisotopic (exact) mass is 396 g/mol. The first-order valence-corrected chi connectivity index (χ1v) is 10.2. The zero-order valence-corrected chi connectivity index (χ0v) is 17.4. The summed E-state index contributed by atoms with van der Waals surface area (Å²) < 4.78 is 0. The first-order chi connectivity index (χ1) is 14.4. The highest BCUT2D eigenvalue weighted by atomic mass is 16.3. The van der Waals surface area contributed by atoms with Gasteiger partial charge in [0, 0.05) is 27.7 Å². The molecule has 1 aliphatic heterocycles. The van der Waals surface area contributed by atoms with Crippen molar-refractivity contribution in [3.05, 3.63) is 100 Å². The smallest absolute Gasteiger partial charge is 0.268 e. The van der Waals surface area contributed by atoms with Crippen LogP contribution in [-0.4, -0.2) is 16.0 Å². The van der Waals surface area contributed by atoms with Crippen LogP contribution in [0.4, 0.5) is 5.69 Å². The number of nitrogens with zero attached hydrogens (tertiary/aromatic N) is 1. The summed E-state index contributed by atoms with van der Waals surface area (Å²) in [7, 11) is 0. The highest BCUT2D eigenvalue weighted by Crippen LogP contribution is 2.48. The maximum atomic E-state index is 13.8. The molecule has 4 heteroatoms.